The summed E-state index contributed by atoms with van der Waals surface area (Å²) < 4.78 is 19.8. The molecule has 2 aliphatic heterocycles. The minimum absolute atomic E-state index is 0.0185. The predicted molar refractivity (Wildman–Crippen MR) is 125 cm³/mol. The van der Waals surface area contributed by atoms with E-state index in [1.54, 1.807) is 12.1 Å². The first kappa shape index (κ1) is 21.4. The number of para-hydroxylation sites is 1. The van der Waals surface area contributed by atoms with Crippen LogP contribution in [0.25, 0.3) is 11.3 Å². The zero-order valence-corrected chi connectivity index (χ0v) is 19.3. The minimum atomic E-state index is -0.474. The second-order valence-corrected chi connectivity index (χ2v) is 8.47. The van der Waals surface area contributed by atoms with Gasteiger partial charge in [-0.2, -0.15) is 5.10 Å². The van der Waals surface area contributed by atoms with Crippen molar-refractivity contribution in [2.45, 2.75) is 32.3 Å². The van der Waals surface area contributed by atoms with Crippen LogP contribution < -0.4 is 14.2 Å². The highest BCUT2D eigenvalue weighted by molar-refractivity contribution is 5.95. The quantitative estimate of drug-likeness (QED) is 0.580. The van der Waals surface area contributed by atoms with Gasteiger partial charge in [0.2, 0.25) is 0 Å². The molecule has 1 fully saturated rings. The average Bonchev–Trinajstić information content (AvgIpc) is 3.22. The summed E-state index contributed by atoms with van der Waals surface area (Å²) in [5, 5.41) is 4.53. The van der Waals surface area contributed by atoms with E-state index in [1.165, 1.54) is 0 Å². The summed E-state index contributed by atoms with van der Waals surface area (Å²) in [5.41, 5.74) is 3.37. The van der Waals surface area contributed by atoms with E-state index in [1.807, 2.05) is 60.9 Å². The average molecular weight is 448 g/mol. The van der Waals surface area contributed by atoms with Crippen LogP contribution in [-0.2, 0) is 12.6 Å². The Morgan fingerprint density at radius 3 is 2.39 bits per heavy atom. The molecule has 2 aromatic carbocycles. The molecular formula is C26H29N3O4. The first-order chi connectivity index (χ1) is 16.0. The fraction of sp³-hybridized carbons (Fsp3) is 0.385. The second-order valence-electron chi connectivity index (χ2n) is 8.47. The number of hydrogen-bond acceptors (Lipinski definition) is 5. The molecule has 3 aromatic rings. The van der Waals surface area contributed by atoms with Crippen molar-refractivity contribution in [3.8, 4) is 28.5 Å². The molecule has 172 valence electrons. The van der Waals surface area contributed by atoms with E-state index in [4.69, 9.17) is 14.2 Å². The largest absolute Gasteiger partial charge is 0.494 e. The lowest BCUT2D eigenvalue weighted by atomic mass is 9.81. The highest BCUT2D eigenvalue weighted by Gasteiger charge is 2.45. The van der Waals surface area contributed by atoms with Gasteiger partial charge in [0.1, 0.15) is 22.8 Å². The lowest BCUT2D eigenvalue weighted by Crippen LogP contribution is -2.49. The van der Waals surface area contributed by atoms with E-state index in [9.17, 15) is 4.79 Å². The fourth-order valence-corrected chi connectivity index (χ4v) is 4.93. The number of ether oxygens (including phenoxy) is 3. The van der Waals surface area contributed by atoms with Gasteiger partial charge in [-0.1, -0.05) is 12.1 Å². The van der Waals surface area contributed by atoms with Crippen LogP contribution in [0.3, 0.4) is 0 Å². The lowest BCUT2D eigenvalue weighted by Gasteiger charge is -2.44. The molecule has 0 aliphatic carbocycles. The highest BCUT2D eigenvalue weighted by Crippen LogP contribution is 2.49. The number of benzene rings is 2. The standard InChI is InChI=1S/C26H29N3O4/c1-4-31-19-14-18(15-20(16-19)32-5-2)25(30)29-12-10-26(11-13-29)22-17-27-28(3)24(22)21-8-6-7-9-23(21)33-26/h6-9,14-17H,4-5,10-13H2,1-3H3. The first-order valence-electron chi connectivity index (χ1n) is 11.6. The van der Waals surface area contributed by atoms with Gasteiger partial charge in [-0.05, 0) is 38.1 Å². The molecule has 0 saturated carbocycles. The first-order valence-corrected chi connectivity index (χ1v) is 11.6. The number of aromatic nitrogens is 2. The van der Waals surface area contributed by atoms with E-state index in [-0.39, 0.29) is 5.91 Å². The molecule has 1 saturated heterocycles. The van der Waals surface area contributed by atoms with Crippen molar-refractivity contribution >= 4 is 5.91 Å². The van der Waals surface area contributed by atoms with Crippen LogP contribution in [-0.4, -0.2) is 46.9 Å². The number of hydrogen-bond donors (Lipinski definition) is 0. The topological polar surface area (TPSA) is 65.8 Å². The number of rotatable bonds is 5. The van der Waals surface area contributed by atoms with Crippen LogP contribution in [0, 0.1) is 0 Å². The molecule has 7 nitrogen and oxygen atoms in total. The van der Waals surface area contributed by atoms with Crippen molar-refractivity contribution in [2.75, 3.05) is 26.3 Å². The maximum Gasteiger partial charge on any atom is 0.254 e. The molecule has 0 bridgehead atoms. The van der Waals surface area contributed by atoms with Crippen molar-refractivity contribution in [2.24, 2.45) is 7.05 Å². The Morgan fingerprint density at radius 1 is 1.06 bits per heavy atom. The number of carbonyl (C=O) groups excluding carboxylic acids is 1. The second kappa shape index (κ2) is 8.46. The molecule has 0 unspecified atom stereocenters. The van der Waals surface area contributed by atoms with Gasteiger partial charge in [0.05, 0.1) is 25.1 Å². The number of nitrogens with zero attached hydrogens (tertiary/aromatic N) is 3. The third-order valence-corrected chi connectivity index (χ3v) is 6.48. The number of amides is 1. The Balaban J connectivity index is 1.39. The zero-order valence-electron chi connectivity index (χ0n) is 19.3. The third kappa shape index (κ3) is 3.71. The molecule has 2 aliphatic rings. The van der Waals surface area contributed by atoms with Crippen molar-refractivity contribution in [1.29, 1.82) is 0 Å². The van der Waals surface area contributed by atoms with Gasteiger partial charge in [-0.15, -0.1) is 0 Å². The molecule has 0 radical (unpaired) electrons. The van der Waals surface area contributed by atoms with Crippen LogP contribution in [0.15, 0.2) is 48.7 Å². The SMILES string of the molecule is CCOc1cc(OCC)cc(C(=O)N2CCC3(CC2)Oc2ccccc2-c2c3cnn2C)c1. The maximum absolute atomic E-state index is 13.4. The van der Waals surface area contributed by atoms with E-state index >= 15 is 0 Å². The fourth-order valence-electron chi connectivity index (χ4n) is 4.93. The summed E-state index contributed by atoms with van der Waals surface area (Å²) in [6, 6.07) is 13.5. The molecule has 5 rings (SSSR count). The number of likely N-dealkylation sites (tertiary alicyclic amines) is 1. The number of aryl methyl sites for hydroxylation is 1. The lowest BCUT2D eigenvalue weighted by molar-refractivity contribution is -0.00174. The van der Waals surface area contributed by atoms with Crippen LogP contribution in [0.5, 0.6) is 17.2 Å². The summed E-state index contributed by atoms with van der Waals surface area (Å²) in [5.74, 6) is 2.15. The molecule has 1 spiro atoms. The Hall–Kier alpha value is -3.48. The number of fused-ring (bicyclic) bond motifs is 4. The van der Waals surface area contributed by atoms with Gasteiger partial charge >= 0.3 is 0 Å². The molecule has 33 heavy (non-hydrogen) atoms. The minimum Gasteiger partial charge on any atom is -0.494 e. The number of carbonyl (C=O) groups is 1. The van der Waals surface area contributed by atoms with E-state index in [2.05, 4.69) is 11.2 Å². The van der Waals surface area contributed by atoms with Crippen molar-refractivity contribution in [1.82, 2.24) is 14.7 Å². The normalized spacial score (nSPS) is 16.0. The van der Waals surface area contributed by atoms with Gasteiger partial charge < -0.3 is 19.1 Å². The van der Waals surface area contributed by atoms with Crippen LogP contribution in [0.4, 0.5) is 0 Å². The highest BCUT2D eigenvalue weighted by atomic mass is 16.5. The van der Waals surface area contributed by atoms with Crippen molar-refractivity contribution in [3.05, 3.63) is 59.8 Å². The van der Waals surface area contributed by atoms with Crippen LogP contribution >= 0.6 is 0 Å². The van der Waals surface area contributed by atoms with E-state index < -0.39 is 5.60 Å². The monoisotopic (exact) mass is 447 g/mol. The predicted octanol–water partition coefficient (Wildman–Crippen LogP) is 4.41. The van der Waals surface area contributed by atoms with Gasteiger partial charge in [0.15, 0.2) is 0 Å². The summed E-state index contributed by atoms with van der Waals surface area (Å²) >= 11 is 0. The Labute approximate surface area is 193 Å². The number of piperidine rings is 1. The van der Waals surface area contributed by atoms with Crippen LogP contribution in [0.2, 0.25) is 0 Å². The smallest absolute Gasteiger partial charge is 0.254 e. The summed E-state index contributed by atoms with van der Waals surface area (Å²) in [6.45, 7) is 6.10. The molecular weight excluding hydrogens is 418 g/mol. The van der Waals surface area contributed by atoms with Gasteiger partial charge in [0, 0.05) is 55.7 Å². The Bertz CT molecular complexity index is 1150. The van der Waals surface area contributed by atoms with Crippen molar-refractivity contribution in [3.63, 3.8) is 0 Å². The summed E-state index contributed by atoms with van der Waals surface area (Å²) in [4.78, 5) is 15.3. The molecule has 0 N–H and O–H groups in total. The zero-order chi connectivity index (χ0) is 23.0. The molecule has 1 amide bonds. The van der Waals surface area contributed by atoms with Gasteiger partial charge in [0.25, 0.3) is 5.91 Å². The Morgan fingerprint density at radius 2 is 1.73 bits per heavy atom. The third-order valence-electron chi connectivity index (χ3n) is 6.48. The summed E-state index contributed by atoms with van der Waals surface area (Å²) in [7, 11) is 1.97. The van der Waals surface area contributed by atoms with Gasteiger partial charge in [-0.25, -0.2) is 0 Å². The maximum atomic E-state index is 13.4. The molecule has 0 atom stereocenters. The Kier molecular flexibility index (Phi) is 5.48. The molecule has 3 heterocycles. The summed E-state index contributed by atoms with van der Waals surface area (Å²) in [6.07, 6.45) is 3.33. The molecule has 7 heteroatoms. The van der Waals surface area contributed by atoms with Crippen LogP contribution in [0.1, 0.15) is 42.6 Å². The van der Waals surface area contributed by atoms with E-state index in [0.717, 1.165) is 22.6 Å². The molecule has 1 aromatic heterocycles. The van der Waals surface area contributed by atoms with E-state index in [0.29, 0.717) is 56.2 Å². The van der Waals surface area contributed by atoms with Gasteiger partial charge in [-0.3, -0.25) is 9.48 Å². The van der Waals surface area contributed by atoms with Crippen molar-refractivity contribution < 1.29 is 19.0 Å².